The molecule has 0 radical (unpaired) electrons. The average molecular weight is 677 g/mol. The molecule has 7 rings (SSSR count). The summed E-state index contributed by atoms with van der Waals surface area (Å²) in [6.45, 7) is 3.62. The third-order valence-corrected chi connectivity index (χ3v) is 12.3. The fourth-order valence-electron chi connectivity index (χ4n) is 7.85. The molecule has 1 aromatic heterocycles. The largest absolute Gasteiger partial charge is 0.490 e. The van der Waals surface area contributed by atoms with Crippen LogP contribution in [0.1, 0.15) is 66.2 Å². The first-order valence-electron chi connectivity index (χ1n) is 16.5. The molecule has 1 spiro atoms. The molecule has 2 aliphatic carbocycles. The highest BCUT2D eigenvalue weighted by molar-refractivity contribution is 7.87. The molecule has 11 heteroatoms. The van der Waals surface area contributed by atoms with Crippen LogP contribution in [0.2, 0.25) is 5.02 Å². The molecule has 4 aliphatic rings. The van der Waals surface area contributed by atoms with Crippen molar-refractivity contribution in [3.05, 3.63) is 100 Å². The Labute approximate surface area is 281 Å². The molecule has 248 valence electrons. The molecule has 3 aromatic rings. The second-order valence-corrected chi connectivity index (χ2v) is 15.7. The van der Waals surface area contributed by atoms with Crippen molar-refractivity contribution >= 4 is 33.4 Å². The molecule has 1 fully saturated rings. The lowest BCUT2D eigenvalue weighted by Gasteiger charge is -2.45. The van der Waals surface area contributed by atoms with Crippen LogP contribution < -0.4 is 14.4 Å². The number of carbonyl (C=O) groups is 1. The maximum absolute atomic E-state index is 13.8. The third kappa shape index (κ3) is 6.40. The van der Waals surface area contributed by atoms with Crippen molar-refractivity contribution in [3.63, 3.8) is 0 Å². The van der Waals surface area contributed by atoms with E-state index in [1.807, 2.05) is 18.2 Å². The number of hydrogen-bond acceptors (Lipinski definition) is 7. The second-order valence-electron chi connectivity index (χ2n) is 13.6. The van der Waals surface area contributed by atoms with Gasteiger partial charge in [-0.2, -0.15) is 12.7 Å². The highest BCUT2D eigenvalue weighted by Crippen LogP contribution is 2.46. The molecule has 1 amide bonds. The summed E-state index contributed by atoms with van der Waals surface area (Å²) in [6.07, 6.45) is 9.83. The molecular formula is C36H41ClN4O5S. The minimum Gasteiger partial charge on any atom is -0.490 e. The van der Waals surface area contributed by atoms with E-state index in [4.69, 9.17) is 16.3 Å². The van der Waals surface area contributed by atoms with Gasteiger partial charge in [0.15, 0.2) is 0 Å². The number of hydrogen-bond donors (Lipinski definition) is 2. The first kappa shape index (κ1) is 32.1. The monoisotopic (exact) mass is 676 g/mol. The smallest absolute Gasteiger partial charge is 0.304 e. The van der Waals surface area contributed by atoms with Gasteiger partial charge in [-0.05, 0) is 111 Å². The Morgan fingerprint density at radius 1 is 1.15 bits per heavy atom. The van der Waals surface area contributed by atoms with Gasteiger partial charge in [0.05, 0.1) is 30.6 Å². The van der Waals surface area contributed by atoms with E-state index < -0.39 is 28.3 Å². The topological polar surface area (TPSA) is 112 Å². The summed E-state index contributed by atoms with van der Waals surface area (Å²) in [7, 11) is -4.28. The average Bonchev–Trinajstić information content (AvgIpc) is 3.18. The zero-order valence-corrected chi connectivity index (χ0v) is 28.1. The normalized spacial score (nSPS) is 29.8. The number of ether oxygens (including phenoxy) is 1. The number of nitrogens with zero attached hydrogens (tertiary/aromatic N) is 3. The lowest BCUT2D eigenvalue weighted by molar-refractivity contribution is 0.0455. The number of nitrogens with one attached hydrogen (secondary N) is 1. The van der Waals surface area contributed by atoms with Crippen LogP contribution in [0.15, 0.2) is 72.9 Å². The fraction of sp³-hybridized carbons (Fsp3) is 0.444. The number of aryl methyl sites for hydroxylation is 1. The Morgan fingerprint density at radius 2 is 2.02 bits per heavy atom. The summed E-state index contributed by atoms with van der Waals surface area (Å²) in [5.74, 6) is 0.275. The van der Waals surface area contributed by atoms with Crippen LogP contribution >= 0.6 is 11.6 Å². The Kier molecular flexibility index (Phi) is 8.80. The number of halogens is 1. The summed E-state index contributed by atoms with van der Waals surface area (Å²) in [4.78, 5) is 20.3. The van der Waals surface area contributed by atoms with Gasteiger partial charge in [-0.1, -0.05) is 35.9 Å². The van der Waals surface area contributed by atoms with E-state index in [-0.39, 0.29) is 29.4 Å². The van der Waals surface area contributed by atoms with Gasteiger partial charge in [-0.15, -0.1) is 0 Å². The Bertz CT molecular complexity index is 1790. The van der Waals surface area contributed by atoms with Crippen LogP contribution in [0.25, 0.3) is 0 Å². The first-order chi connectivity index (χ1) is 22.6. The molecule has 2 aliphatic heterocycles. The number of fused-ring (bicyclic) bond motifs is 4. The Morgan fingerprint density at radius 3 is 2.81 bits per heavy atom. The molecule has 2 N–H and O–H groups in total. The number of aromatic nitrogens is 1. The number of benzene rings is 2. The lowest BCUT2D eigenvalue weighted by Crippen LogP contribution is -2.49. The van der Waals surface area contributed by atoms with Gasteiger partial charge in [0.25, 0.3) is 5.91 Å². The van der Waals surface area contributed by atoms with Gasteiger partial charge in [-0.25, -0.2) is 4.72 Å². The lowest BCUT2D eigenvalue weighted by atomic mass is 9.68. The maximum atomic E-state index is 13.8. The SMILES string of the molecule is C[C@H]1C/C=C/[C@H](O)[C@@H]2CC[C@H]2CN2C[C@@]3(CCCc4cc(Cl)ccc43)COc3ccc(cc32)C(=O)NS(=O)(=O)N1Cc1ccccn1. The van der Waals surface area contributed by atoms with E-state index in [9.17, 15) is 18.3 Å². The minimum atomic E-state index is -4.28. The minimum absolute atomic E-state index is 0.00765. The molecule has 5 atom stereocenters. The van der Waals surface area contributed by atoms with Crippen LogP contribution in [0.5, 0.6) is 5.75 Å². The van der Waals surface area contributed by atoms with E-state index in [0.29, 0.717) is 37.6 Å². The molecule has 9 nitrogen and oxygen atoms in total. The molecule has 47 heavy (non-hydrogen) atoms. The van der Waals surface area contributed by atoms with Gasteiger partial charge < -0.3 is 14.7 Å². The predicted molar refractivity (Wildman–Crippen MR) is 182 cm³/mol. The number of aliphatic hydroxyl groups excluding tert-OH is 1. The number of rotatable bonds is 2. The Hall–Kier alpha value is -3.44. The van der Waals surface area contributed by atoms with Gasteiger partial charge in [-0.3, -0.25) is 9.78 Å². The number of carbonyl (C=O) groups excluding carboxylic acids is 1. The van der Waals surface area contributed by atoms with Crippen LogP contribution in [0.3, 0.4) is 0 Å². The van der Waals surface area contributed by atoms with E-state index in [1.165, 1.54) is 15.4 Å². The highest BCUT2D eigenvalue weighted by Gasteiger charge is 2.44. The summed E-state index contributed by atoms with van der Waals surface area (Å²) in [5.41, 5.74) is 3.75. The van der Waals surface area contributed by atoms with E-state index in [1.54, 1.807) is 49.5 Å². The van der Waals surface area contributed by atoms with Crippen LogP contribution in [-0.2, 0) is 28.6 Å². The van der Waals surface area contributed by atoms with E-state index in [0.717, 1.165) is 42.8 Å². The number of aliphatic hydroxyl groups is 1. The van der Waals surface area contributed by atoms with E-state index in [2.05, 4.69) is 26.7 Å². The van der Waals surface area contributed by atoms with Gasteiger partial charge in [0, 0.05) is 41.3 Å². The standard InChI is InChI=1S/C36H41ClN4O5S/c1-24-6-4-9-33(42)30-13-10-27(30)20-40-22-36(16-5-7-25-18-28(37)12-14-31(25)36)23-46-34-15-11-26(19-32(34)40)35(43)39-47(44,45)41(24)21-29-8-2-3-17-38-29/h2-4,8-9,11-12,14-15,17-19,24,27,30,33,42H,5-7,10,13,16,20-23H2,1H3,(H,39,43)/b9-4+/t24-,27-,30+,33-,36-/m0/s1. The van der Waals surface area contributed by atoms with Gasteiger partial charge >= 0.3 is 10.2 Å². The third-order valence-electron chi connectivity index (χ3n) is 10.5. The zero-order valence-electron chi connectivity index (χ0n) is 26.5. The fourth-order valence-corrected chi connectivity index (χ4v) is 9.37. The summed E-state index contributed by atoms with van der Waals surface area (Å²) in [5, 5.41) is 12.0. The van der Waals surface area contributed by atoms with E-state index >= 15 is 0 Å². The molecule has 1 saturated carbocycles. The second kappa shape index (κ2) is 12.9. The summed E-state index contributed by atoms with van der Waals surface area (Å²) >= 11 is 6.41. The van der Waals surface area contributed by atoms with Crippen molar-refractivity contribution in [2.75, 3.05) is 24.6 Å². The zero-order chi connectivity index (χ0) is 32.8. The summed E-state index contributed by atoms with van der Waals surface area (Å²) in [6, 6.07) is 16.1. The quantitative estimate of drug-likeness (QED) is 0.349. The predicted octanol–water partition coefficient (Wildman–Crippen LogP) is 5.42. The number of amides is 1. The Balaban J connectivity index is 1.28. The van der Waals surface area contributed by atoms with Crippen molar-refractivity contribution in [2.24, 2.45) is 11.8 Å². The van der Waals surface area contributed by atoms with Gasteiger partial charge in [0.2, 0.25) is 0 Å². The molecule has 2 bridgehead atoms. The number of pyridine rings is 1. The van der Waals surface area contributed by atoms with Crippen molar-refractivity contribution < 1.29 is 23.1 Å². The molecule has 0 unspecified atom stereocenters. The maximum Gasteiger partial charge on any atom is 0.304 e. The molecule has 2 aromatic carbocycles. The molecular weight excluding hydrogens is 636 g/mol. The number of anilines is 1. The van der Waals surface area contributed by atoms with Crippen molar-refractivity contribution in [1.29, 1.82) is 0 Å². The van der Waals surface area contributed by atoms with Crippen LogP contribution in [-0.4, -0.2) is 60.6 Å². The molecule has 0 saturated heterocycles. The highest BCUT2D eigenvalue weighted by atomic mass is 35.5. The first-order valence-corrected chi connectivity index (χ1v) is 18.3. The van der Waals surface area contributed by atoms with Crippen molar-refractivity contribution in [1.82, 2.24) is 14.0 Å². The van der Waals surface area contributed by atoms with Crippen LogP contribution in [0, 0.1) is 11.8 Å². The van der Waals surface area contributed by atoms with Crippen molar-refractivity contribution in [2.45, 2.75) is 69.6 Å². The molecule has 3 heterocycles. The van der Waals surface area contributed by atoms with Crippen molar-refractivity contribution in [3.8, 4) is 5.75 Å². The van der Waals surface area contributed by atoms with Crippen LogP contribution in [0.4, 0.5) is 5.69 Å². The summed E-state index contributed by atoms with van der Waals surface area (Å²) < 4.78 is 37.8. The van der Waals surface area contributed by atoms with Gasteiger partial charge in [0.1, 0.15) is 5.75 Å².